The summed E-state index contributed by atoms with van der Waals surface area (Å²) in [5.41, 5.74) is 0.939. The van der Waals surface area contributed by atoms with Gasteiger partial charge in [0.25, 0.3) is 0 Å². The molecule has 11 heavy (non-hydrogen) atoms. The molecule has 1 nitrogen and oxygen atoms in total. The van der Waals surface area contributed by atoms with Crippen molar-refractivity contribution in [2.24, 2.45) is 0 Å². The molecule has 1 heterocycles. The Labute approximate surface area is 74.9 Å². The highest BCUT2D eigenvalue weighted by Crippen LogP contribution is 2.26. The van der Waals surface area contributed by atoms with Crippen LogP contribution in [-0.4, -0.2) is 11.2 Å². The normalized spacial score (nSPS) is 9.55. The predicted octanol–water partition coefficient (Wildman–Crippen LogP) is 3.15. The highest BCUT2D eigenvalue weighted by Gasteiger charge is 2.03. The van der Waals surface area contributed by atoms with E-state index in [9.17, 15) is 0 Å². The van der Waals surface area contributed by atoms with Gasteiger partial charge >= 0.3 is 0 Å². The maximum absolute atomic E-state index is 4.31. The van der Waals surface area contributed by atoms with E-state index in [0.29, 0.717) is 0 Å². The molecule has 0 N–H and O–H groups in total. The Morgan fingerprint density at radius 2 is 2.18 bits per heavy atom. The minimum Gasteiger partial charge on any atom is -0.230 e. The van der Waals surface area contributed by atoms with Gasteiger partial charge in [0.1, 0.15) is 0 Å². The Morgan fingerprint density at radius 1 is 1.45 bits per heavy atom. The molecule has 1 aromatic rings. The fraction of sp³-hybridized carbons (Fsp3) is 0.125. The molecule has 0 atom stereocenters. The fourth-order valence-corrected chi connectivity index (χ4v) is 2.14. The van der Waals surface area contributed by atoms with Crippen LogP contribution >= 0.6 is 23.1 Å². The molecule has 0 saturated heterocycles. The van der Waals surface area contributed by atoms with Crippen LogP contribution in [-0.2, 0) is 0 Å². The summed E-state index contributed by atoms with van der Waals surface area (Å²) < 4.78 is 1.06. The molecule has 0 aromatic carbocycles. The third kappa shape index (κ3) is 1.73. The van der Waals surface area contributed by atoms with Crippen LogP contribution < -0.4 is 0 Å². The second-order valence-corrected chi connectivity index (χ2v) is 3.93. The molecule has 0 aliphatic heterocycles. The summed E-state index contributed by atoms with van der Waals surface area (Å²) in [5, 5.41) is 0. The third-order valence-corrected chi connectivity index (χ3v) is 3.27. The first-order chi connectivity index (χ1) is 5.31. The molecule has 3 heteroatoms. The van der Waals surface area contributed by atoms with Crippen LogP contribution in [0.5, 0.6) is 0 Å². The number of hydrogen-bond donors (Lipinski definition) is 0. The number of aromatic nitrogens is 1. The van der Waals surface area contributed by atoms with Crippen LogP contribution in [0.15, 0.2) is 17.5 Å². The zero-order valence-corrected chi connectivity index (χ0v) is 7.97. The second kappa shape index (κ2) is 3.74. The van der Waals surface area contributed by atoms with Crippen LogP contribution in [0, 0.1) is 0 Å². The van der Waals surface area contributed by atoms with E-state index >= 15 is 0 Å². The summed E-state index contributed by atoms with van der Waals surface area (Å²) >= 11 is 3.29. The lowest BCUT2D eigenvalue weighted by Crippen LogP contribution is -1.72. The van der Waals surface area contributed by atoms with Crippen LogP contribution in [0.4, 0.5) is 0 Å². The van der Waals surface area contributed by atoms with Crippen molar-refractivity contribution in [1.82, 2.24) is 4.98 Å². The summed E-state index contributed by atoms with van der Waals surface area (Å²) in [4.78, 5) is 5.41. The molecule has 0 unspecified atom stereocenters. The molecule has 0 fully saturated rings. The lowest BCUT2D eigenvalue weighted by molar-refractivity contribution is 1.23. The molecular weight excluding hydrogens is 174 g/mol. The molecule has 1 rings (SSSR count). The van der Waals surface area contributed by atoms with Crippen LogP contribution in [0.25, 0.3) is 12.2 Å². The number of nitrogens with zero attached hydrogens (tertiary/aromatic N) is 1. The molecule has 0 aliphatic carbocycles. The molecule has 0 amide bonds. The highest BCUT2D eigenvalue weighted by molar-refractivity contribution is 8.00. The first kappa shape index (κ1) is 8.56. The standard InChI is InChI=1S/C8H9NS2/c1-4-6-7(5-2)11-8(9-6)10-3/h4-5H,1-2H2,3H3. The average molecular weight is 183 g/mol. The Hall–Kier alpha value is -0.540. The van der Waals surface area contributed by atoms with Gasteiger partial charge in [0, 0.05) is 0 Å². The number of thiazole rings is 1. The van der Waals surface area contributed by atoms with Crippen molar-refractivity contribution in [3.05, 3.63) is 23.7 Å². The van der Waals surface area contributed by atoms with Gasteiger partial charge in [-0.25, -0.2) is 4.98 Å². The van der Waals surface area contributed by atoms with E-state index in [2.05, 4.69) is 18.1 Å². The number of thioether (sulfide) groups is 1. The lowest BCUT2D eigenvalue weighted by atomic mass is 10.3. The van der Waals surface area contributed by atoms with Gasteiger partial charge in [-0.15, -0.1) is 11.3 Å². The van der Waals surface area contributed by atoms with Gasteiger partial charge in [-0.3, -0.25) is 0 Å². The van der Waals surface area contributed by atoms with Crippen molar-refractivity contribution in [1.29, 1.82) is 0 Å². The van der Waals surface area contributed by atoms with Crippen molar-refractivity contribution in [2.75, 3.05) is 6.26 Å². The van der Waals surface area contributed by atoms with E-state index in [1.807, 2.05) is 12.3 Å². The molecule has 0 radical (unpaired) electrons. The first-order valence-electron chi connectivity index (χ1n) is 3.11. The van der Waals surface area contributed by atoms with E-state index in [0.717, 1.165) is 14.9 Å². The van der Waals surface area contributed by atoms with Gasteiger partial charge < -0.3 is 0 Å². The van der Waals surface area contributed by atoms with Crippen molar-refractivity contribution in [2.45, 2.75) is 4.34 Å². The minimum absolute atomic E-state index is 0.939. The summed E-state index contributed by atoms with van der Waals surface area (Å²) in [7, 11) is 0. The summed E-state index contributed by atoms with van der Waals surface area (Å²) in [6.07, 6.45) is 5.58. The number of rotatable bonds is 3. The Balaban J connectivity index is 3.11. The first-order valence-corrected chi connectivity index (χ1v) is 5.15. The molecule has 0 bridgehead atoms. The summed E-state index contributed by atoms with van der Waals surface area (Å²) in [5.74, 6) is 0. The predicted molar refractivity (Wildman–Crippen MR) is 54.1 cm³/mol. The quantitative estimate of drug-likeness (QED) is 0.668. The molecule has 1 aromatic heterocycles. The van der Waals surface area contributed by atoms with Crippen LogP contribution in [0.3, 0.4) is 0 Å². The van der Waals surface area contributed by atoms with Crippen LogP contribution in [0.1, 0.15) is 10.6 Å². The van der Waals surface area contributed by atoms with Crippen molar-refractivity contribution in [3.63, 3.8) is 0 Å². The summed E-state index contributed by atoms with van der Waals surface area (Å²) in [6.45, 7) is 7.37. The highest BCUT2D eigenvalue weighted by atomic mass is 32.2. The second-order valence-electron chi connectivity index (χ2n) is 1.84. The van der Waals surface area contributed by atoms with Crippen LogP contribution in [0.2, 0.25) is 0 Å². The zero-order valence-electron chi connectivity index (χ0n) is 6.33. The van der Waals surface area contributed by atoms with Gasteiger partial charge in [0.05, 0.1) is 10.6 Å². The lowest BCUT2D eigenvalue weighted by Gasteiger charge is -1.82. The Kier molecular flexibility index (Phi) is 2.91. The SMILES string of the molecule is C=Cc1nc(SC)sc1C=C. The van der Waals surface area contributed by atoms with Gasteiger partial charge in [0.2, 0.25) is 0 Å². The Bertz CT molecular complexity index is 250. The van der Waals surface area contributed by atoms with E-state index in [4.69, 9.17) is 0 Å². The largest absolute Gasteiger partial charge is 0.230 e. The maximum atomic E-state index is 4.31. The topological polar surface area (TPSA) is 12.9 Å². The average Bonchev–Trinajstić information content (AvgIpc) is 2.46. The maximum Gasteiger partial charge on any atom is 0.150 e. The van der Waals surface area contributed by atoms with Gasteiger partial charge in [0.15, 0.2) is 4.34 Å². The van der Waals surface area contributed by atoms with E-state index in [1.54, 1.807) is 29.2 Å². The monoisotopic (exact) mass is 183 g/mol. The minimum atomic E-state index is 0.939. The smallest absolute Gasteiger partial charge is 0.150 e. The van der Waals surface area contributed by atoms with E-state index < -0.39 is 0 Å². The van der Waals surface area contributed by atoms with Gasteiger partial charge in [-0.2, -0.15) is 0 Å². The number of hydrogen-bond acceptors (Lipinski definition) is 3. The van der Waals surface area contributed by atoms with Gasteiger partial charge in [-0.1, -0.05) is 24.9 Å². The van der Waals surface area contributed by atoms with Crippen molar-refractivity contribution < 1.29 is 0 Å². The third-order valence-electron chi connectivity index (χ3n) is 1.21. The molecule has 0 saturated carbocycles. The molecule has 0 aliphatic rings. The Morgan fingerprint density at radius 3 is 2.55 bits per heavy atom. The molecular formula is C8H9NS2. The zero-order chi connectivity index (χ0) is 8.27. The molecule has 58 valence electrons. The van der Waals surface area contributed by atoms with Gasteiger partial charge in [-0.05, 0) is 18.4 Å². The van der Waals surface area contributed by atoms with Crippen molar-refractivity contribution in [3.8, 4) is 0 Å². The fourth-order valence-electron chi connectivity index (χ4n) is 0.702. The van der Waals surface area contributed by atoms with E-state index in [-0.39, 0.29) is 0 Å². The molecule has 0 spiro atoms. The summed E-state index contributed by atoms with van der Waals surface area (Å²) in [6, 6.07) is 0. The van der Waals surface area contributed by atoms with Crippen molar-refractivity contribution >= 4 is 35.3 Å². The van der Waals surface area contributed by atoms with E-state index in [1.165, 1.54) is 0 Å².